The molecule has 0 saturated carbocycles. The summed E-state index contributed by atoms with van der Waals surface area (Å²) in [6, 6.07) is -0.975. The summed E-state index contributed by atoms with van der Waals surface area (Å²) in [5, 5.41) is 8.98. The summed E-state index contributed by atoms with van der Waals surface area (Å²) in [6.07, 6.45) is -1.26. The summed E-state index contributed by atoms with van der Waals surface area (Å²) in [5.74, 6) is -1.09. The molecule has 6 heteroatoms. The van der Waals surface area contributed by atoms with Crippen LogP contribution >= 0.6 is 0 Å². The number of hydrogen-bond acceptors (Lipinski definition) is 4. The molecule has 0 aromatic carbocycles. The maximum Gasteiger partial charge on any atom is 0.412 e. The van der Waals surface area contributed by atoms with Crippen LogP contribution in [0.3, 0.4) is 0 Å². The van der Waals surface area contributed by atoms with Crippen molar-refractivity contribution in [2.24, 2.45) is 5.41 Å². The Morgan fingerprint density at radius 2 is 2.00 bits per heavy atom. The van der Waals surface area contributed by atoms with E-state index in [4.69, 9.17) is 9.84 Å². The first-order chi connectivity index (χ1) is 7.29. The molecule has 0 radical (unpaired) electrons. The number of carbonyl (C=O) groups excluding carboxylic acids is 1. The fraction of sp³-hybridized carbons (Fsp3) is 0.800. The van der Waals surface area contributed by atoms with Gasteiger partial charge in [-0.2, -0.15) is 0 Å². The molecular weight excluding hydrogens is 214 g/mol. The number of nitrogens with zero attached hydrogens (tertiary/aromatic N) is 1. The predicted molar refractivity (Wildman–Crippen MR) is 54.9 cm³/mol. The Morgan fingerprint density at radius 1 is 1.44 bits per heavy atom. The van der Waals surface area contributed by atoms with Crippen molar-refractivity contribution >= 4 is 12.1 Å². The zero-order valence-electron chi connectivity index (χ0n) is 9.89. The highest BCUT2D eigenvalue weighted by molar-refractivity contribution is 5.80. The van der Waals surface area contributed by atoms with Crippen molar-refractivity contribution in [2.45, 2.75) is 33.0 Å². The van der Waals surface area contributed by atoms with E-state index in [0.717, 1.165) is 4.90 Å². The maximum absolute atomic E-state index is 11.5. The number of amides is 1. The minimum atomic E-state index is -1.09. The Morgan fingerprint density at radius 3 is 2.38 bits per heavy atom. The summed E-state index contributed by atoms with van der Waals surface area (Å²) >= 11 is 0. The third kappa shape index (κ3) is 2.27. The largest absolute Gasteiger partial charge is 0.480 e. The lowest BCUT2D eigenvalue weighted by atomic mass is 9.93. The molecule has 1 aliphatic heterocycles. The first-order valence-electron chi connectivity index (χ1n) is 4.99. The molecule has 2 unspecified atom stereocenters. The van der Waals surface area contributed by atoms with Crippen molar-refractivity contribution in [1.29, 1.82) is 0 Å². The van der Waals surface area contributed by atoms with E-state index in [0.29, 0.717) is 0 Å². The first kappa shape index (κ1) is 12.8. The molecule has 6 nitrogen and oxygen atoms in total. The second-order valence-electron chi connectivity index (χ2n) is 4.78. The molecule has 0 spiro atoms. The van der Waals surface area contributed by atoms with E-state index in [9.17, 15) is 9.59 Å². The normalized spacial score (nSPS) is 25.6. The molecule has 1 fully saturated rings. The van der Waals surface area contributed by atoms with E-state index in [2.05, 4.69) is 4.74 Å². The van der Waals surface area contributed by atoms with Crippen LogP contribution in [0.2, 0.25) is 0 Å². The quantitative estimate of drug-likeness (QED) is 0.726. The highest BCUT2D eigenvalue weighted by atomic mass is 16.6. The van der Waals surface area contributed by atoms with Crippen molar-refractivity contribution < 1.29 is 24.2 Å². The van der Waals surface area contributed by atoms with Gasteiger partial charge in [-0.1, -0.05) is 20.8 Å². The fourth-order valence-electron chi connectivity index (χ4n) is 1.69. The van der Waals surface area contributed by atoms with Crippen LogP contribution in [0.1, 0.15) is 20.8 Å². The van der Waals surface area contributed by atoms with Crippen LogP contribution in [0, 0.1) is 5.41 Å². The highest BCUT2D eigenvalue weighted by Gasteiger charge is 2.47. The fourth-order valence-corrected chi connectivity index (χ4v) is 1.69. The number of aliphatic carboxylic acids is 1. The van der Waals surface area contributed by atoms with Crippen LogP contribution in [-0.2, 0) is 14.3 Å². The minimum absolute atomic E-state index is 0.00757. The number of carboxylic acid groups (broad SMARTS) is 1. The molecule has 2 atom stereocenters. The van der Waals surface area contributed by atoms with Crippen LogP contribution < -0.4 is 0 Å². The smallest absolute Gasteiger partial charge is 0.412 e. The van der Waals surface area contributed by atoms with Crippen LogP contribution in [-0.4, -0.2) is 48.1 Å². The molecule has 1 N–H and O–H groups in total. The number of carbonyl (C=O) groups is 2. The first-order valence-corrected chi connectivity index (χ1v) is 4.99. The average molecular weight is 231 g/mol. The molecule has 1 aliphatic rings. The van der Waals surface area contributed by atoms with Gasteiger partial charge in [-0.05, 0) is 0 Å². The second kappa shape index (κ2) is 4.29. The van der Waals surface area contributed by atoms with Gasteiger partial charge in [-0.3, -0.25) is 4.90 Å². The minimum Gasteiger partial charge on any atom is -0.480 e. The summed E-state index contributed by atoms with van der Waals surface area (Å²) in [4.78, 5) is 23.7. The molecular formula is C10H17NO5. The Balaban J connectivity index is 2.97. The van der Waals surface area contributed by atoms with Crippen LogP contribution in [0.15, 0.2) is 0 Å². The van der Waals surface area contributed by atoms with Crippen molar-refractivity contribution in [3.05, 3.63) is 0 Å². The molecule has 0 aromatic rings. The maximum atomic E-state index is 11.5. The number of hydrogen-bond donors (Lipinski definition) is 1. The number of carboxylic acids is 1. The van der Waals surface area contributed by atoms with Gasteiger partial charge in [0.15, 0.2) is 6.04 Å². The van der Waals surface area contributed by atoms with Crippen LogP contribution in [0.4, 0.5) is 4.79 Å². The van der Waals surface area contributed by atoms with Crippen LogP contribution in [0.5, 0.6) is 0 Å². The summed E-state index contributed by atoms with van der Waals surface area (Å²) in [5.41, 5.74) is -0.363. The molecule has 1 rings (SSSR count). The third-order valence-electron chi connectivity index (χ3n) is 2.41. The molecule has 0 aromatic heterocycles. The Hall–Kier alpha value is -1.30. The van der Waals surface area contributed by atoms with Crippen molar-refractivity contribution in [3.8, 4) is 0 Å². The topological polar surface area (TPSA) is 76.1 Å². The summed E-state index contributed by atoms with van der Waals surface area (Å²) in [6.45, 7) is 5.61. The second-order valence-corrected chi connectivity index (χ2v) is 4.78. The molecule has 1 amide bonds. The molecule has 0 aliphatic carbocycles. The summed E-state index contributed by atoms with van der Waals surface area (Å²) in [7, 11) is 1.22. The van der Waals surface area contributed by atoms with Gasteiger partial charge < -0.3 is 14.6 Å². The predicted octanol–water partition coefficient (Wildman–Crippen LogP) is 0.910. The lowest BCUT2D eigenvalue weighted by Crippen LogP contribution is -2.50. The third-order valence-corrected chi connectivity index (χ3v) is 2.41. The molecule has 16 heavy (non-hydrogen) atoms. The molecule has 1 saturated heterocycles. The van der Waals surface area contributed by atoms with E-state index in [1.54, 1.807) is 0 Å². The van der Waals surface area contributed by atoms with E-state index in [1.807, 2.05) is 20.8 Å². The molecule has 92 valence electrons. The highest BCUT2D eigenvalue weighted by Crippen LogP contribution is 2.32. The van der Waals surface area contributed by atoms with Gasteiger partial charge in [0.25, 0.3) is 0 Å². The van der Waals surface area contributed by atoms with Gasteiger partial charge in [-0.15, -0.1) is 0 Å². The van der Waals surface area contributed by atoms with Gasteiger partial charge in [0.2, 0.25) is 0 Å². The van der Waals surface area contributed by atoms with Gasteiger partial charge in [0.1, 0.15) is 6.23 Å². The van der Waals surface area contributed by atoms with Gasteiger partial charge >= 0.3 is 12.1 Å². The average Bonchev–Trinajstić information content (AvgIpc) is 2.59. The van der Waals surface area contributed by atoms with Crippen molar-refractivity contribution in [1.82, 2.24) is 4.90 Å². The Labute approximate surface area is 94.1 Å². The van der Waals surface area contributed by atoms with Crippen LogP contribution in [0.25, 0.3) is 0 Å². The SMILES string of the molecule is COC(=O)N1C(C(=O)O)COC1C(C)(C)C. The monoisotopic (exact) mass is 231 g/mol. The number of methoxy groups -OCH3 is 1. The van der Waals surface area contributed by atoms with Gasteiger partial charge in [-0.25, -0.2) is 9.59 Å². The summed E-state index contributed by atoms with van der Waals surface area (Å²) < 4.78 is 9.95. The zero-order valence-corrected chi connectivity index (χ0v) is 9.89. The van der Waals surface area contributed by atoms with Gasteiger partial charge in [0.05, 0.1) is 13.7 Å². The lowest BCUT2D eigenvalue weighted by Gasteiger charge is -2.33. The van der Waals surface area contributed by atoms with E-state index in [-0.39, 0.29) is 12.0 Å². The lowest BCUT2D eigenvalue weighted by molar-refractivity contribution is -0.142. The number of rotatable bonds is 1. The standard InChI is InChI=1S/C10H17NO5/c1-10(2,3)8-11(9(14)15-4)6(5-16-8)7(12)13/h6,8H,5H2,1-4H3,(H,12,13). The number of ether oxygens (including phenoxy) is 2. The van der Waals surface area contributed by atoms with Crippen molar-refractivity contribution in [2.75, 3.05) is 13.7 Å². The molecule has 0 bridgehead atoms. The van der Waals surface area contributed by atoms with E-state index < -0.39 is 24.3 Å². The van der Waals surface area contributed by atoms with Crippen molar-refractivity contribution in [3.63, 3.8) is 0 Å². The molecule has 1 heterocycles. The van der Waals surface area contributed by atoms with E-state index in [1.165, 1.54) is 7.11 Å². The van der Waals surface area contributed by atoms with E-state index >= 15 is 0 Å². The Bertz CT molecular complexity index is 296. The van der Waals surface area contributed by atoms with Gasteiger partial charge in [0, 0.05) is 5.41 Å². The Kier molecular flexibility index (Phi) is 3.42. The zero-order chi connectivity index (χ0) is 12.5.